The number of rotatable bonds is 5. The molecule has 8 heteroatoms. The van der Waals surface area contributed by atoms with Crippen molar-refractivity contribution in [2.24, 2.45) is 23.7 Å². The number of ether oxygens (including phenoxy) is 1. The average molecular weight is 417 g/mol. The van der Waals surface area contributed by atoms with E-state index in [0.29, 0.717) is 10.7 Å². The largest absolute Gasteiger partial charge is 0.454 e. The highest BCUT2D eigenvalue weighted by atomic mass is 35.5. The zero-order valence-electron chi connectivity index (χ0n) is 16.1. The molecule has 0 spiro atoms. The van der Waals surface area contributed by atoms with Crippen LogP contribution in [0.5, 0.6) is 0 Å². The molecule has 3 aliphatic rings. The molecule has 1 aromatic rings. The summed E-state index contributed by atoms with van der Waals surface area (Å²) in [6, 6.07) is 3.98. The van der Waals surface area contributed by atoms with Gasteiger partial charge < -0.3 is 10.1 Å². The summed E-state index contributed by atoms with van der Waals surface area (Å²) in [5.41, 5.74) is 1.36. The molecule has 2 bridgehead atoms. The number of carbonyl (C=O) groups is 4. The van der Waals surface area contributed by atoms with E-state index in [9.17, 15) is 19.2 Å². The van der Waals surface area contributed by atoms with Crippen molar-refractivity contribution in [3.63, 3.8) is 0 Å². The first-order chi connectivity index (χ1) is 13.8. The number of allylic oxidation sites excluding steroid dienone is 2. The van der Waals surface area contributed by atoms with Crippen LogP contribution in [0.4, 0.5) is 5.69 Å². The second-order valence-corrected chi connectivity index (χ2v) is 8.25. The first-order valence-electron chi connectivity index (χ1n) is 9.56. The molecular formula is C21H21ClN2O5. The minimum atomic E-state index is -1.07. The van der Waals surface area contributed by atoms with Crippen LogP contribution >= 0.6 is 11.6 Å². The Morgan fingerprint density at radius 1 is 1.21 bits per heavy atom. The number of halogens is 1. The molecule has 1 aromatic carbocycles. The van der Waals surface area contributed by atoms with Gasteiger partial charge in [0.2, 0.25) is 11.8 Å². The molecule has 1 N–H and O–H groups in total. The number of likely N-dealkylation sites (tertiary alicyclic amines) is 1. The molecule has 3 amide bonds. The van der Waals surface area contributed by atoms with Crippen molar-refractivity contribution in [1.82, 2.24) is 4.90 Å². The minimum absolute atomic E-state index is 0.0711. The van der Waals surface area contributed by atoms with Crippen molar-refractivity contribution in [2.75, 3.05) is 11.9 Å². The number of carbonyl (C=O) groups excluding carboxylic acids is 4. The van der Waals surface area contributed by atoms with Crippen LogP contribution in [0.15, 0.2) is 30.4 Å². The molecule has 4 rings (SSSR count). The third-order valence-electron chi connectivity index (χ3n) is 6.03. The Kier molecular flexibility index (Phi) is 4.94. The predicted octanol–water partition coefficient (Wildman–Crippen LogP) is 2.33. The van der Waals surface area contributed by atoms with E-state index in [2.05, 4.69) is 5.32 Å². The molecule has 0 aromatic heterocycles. The van der Waals surface area contributed by atoms with Crippen LogP contribution in [-0.4, -0.2) is 41.2 Å². The fourth-order valence-corrected chi connectivity index (χ4v) is 4.72. The van der Waals surface area contributed by atoms with Crippen molar-refractivity contribution >= 4 is 41.0 Å². The van der Waals surface area contributed by atoms with Crippen molar-refractivity contribution in [1.29, 1.82) is 0 Å². The number of esters is 1. The number of nitrogens with zero attached hydrogens (tertiary/aromatic N) is 1. The lowest BCUT2D eigenvalue weighted by Crippen LogP contribution is -2.45. The second kappa shape index (κ2) is 7.30. The van der Waals surface area contributed by atoms with Crippen LogP contribution in [0.2, 0.25) is 5.02 Å². The predicted molar refractivity (Wildman–Crippen MR) is 105 cm³/mol. The summed E-state index contributed by atoms with van der Waals surface area (Å²) >= 11 is 6.02. The lowest BCUT2D eigenvalue weighted by atomic mass is 9.85. The first-order valence-corrected chi connectivity index (χ1v) is 9.93. The highest BCUT2D eigenvalue weighted by molar-refractivity contribution is 6.31. The van der Waals surface area contributed by atoms with Crippen LogP contribution < -0.4 is 5.32 Å². The van der Waals surface area contributed by atoms with Crippen LogP contribution in [0.1, 0.15) is 18.9 Å². The normalized spacial score (nSPS) is 27.9. The standard InChI is InChI=1S/C21H21ClN2O5/c1-10-3-6-14(8-15(10)22)23-16(25)9-29-21(28)11(2)24-19(26)17-12-4-5-13(7-12)18(17)20(24)27/h3-6,8,11-13,17-18H,7,9H2,1-2H3,(H,23,25)/t11-,12-,13-,17-,18-/m0/s1. The SMILES string of the molecule is Cc1ccc(NC(=O)COC(=O)[C@H](C)N2C(=O)[C@@H]3[C@@H](C2=O)[C@H]2C=C[C@H]3C2)cc1Cl. The van der Waals surface area contributed by atoms with Gasteiger partial charge in [-0.15, -0.1) is 0 Å². The number of aryl methyl sites for hydroxylation is 1. The van der Waals surface area contributed by atoms with Crippen LogP contribution in [0.3, 0.4) is 0 Å². The molecule has 1 aliphatic heterocycles. The Morgan fingerprint density at radius 2 is 1.83 bits per heavy atom. The van der Waals surface area contributed by atoms with E-state index in [4.69, 9.17) is 16.3 Å². The number of hydrogen-bond donors (Lipinski definition) is 1. The molecule has 0 unspecified atom stereocenters. The summed E-state index contributed by atoms with van der Waals surface area (Å²) < 4.78 is 5.05. The molecular weight excluding hydrogens is 396 g/mol. The van der Waals surface area contributed by atoms with E-state index in [0.717, 1.165) is 16.9 Å². The smallest absolute Gasteiger partial charge is 0.329 e. The van der Waals surface area contributed by atoms with Gasteiger partial charge in [0, 0.05) is 10.7 Å². The Bertz CT molecular complexity index is 913. The lowest BCUT2D eigenvalue weighted by molar-refractivity contribution is -0.159. The van der Waals surface area contributed by atoms with Gasteiger partial charge in [-0.2, -0.15) is 0 Å². The molecule has 29 heavy (non-hydrogen) atoms. The fourth-order valence-electron chi connectivity index (χ4n) is 4.54. The Balaban J connectivity index is 1.34. The summed E-state index contributed by atoms with van der Waals surface area (Å²) in [6.45, 7) is 2.77. The first kappa shape index (κ1) is 19.6. The molecule has 1 saturated heterocycles. The van der Waals surface area contributed by atoms with Gasteiger partial charge in [-0.25, -0.2) is 4.79 Å². The number of benzene rings is 1. The zero-order chi connectivity index (χ0) is 20.9. The monoisotopic (exact) mass is 416 g/mol. The maximum absolute atomic E-state index is 12.7. The van der Waals surface area contributed by atoms with Gasteiger partial charge in [0.05, 0.1) is 11.8 Å². The molecule has 0 radical (unpaired) electrons. The Morgan fingerprint density at radius 3 is 2.41 bits per heavy atom. The molecule has 2 aliphatic carbocycles. The highest BCUT2D eigenvalue weighted by Crippen LogP contribution is 2.52. The summed E-state index contributed by atoms with van der Waals surface area (Å²) in [5.74, 6) is -2.57. The van der Waals surface area contributed by atoms with Gasteiger partial charge in [0.1, 0.15) is 6.04 Å². The molecule has 1 saturated carbocycles. The molecule has 5 atom stereocenters. The van der Waals surface area contributed by atoms with E-state index >= 15 is 0 Å². The number of nitrogens with one attached hydrogen (secondary N) is 1. The summed E-state index contributed by atoms with van der Waals surface area (Å²) in [5, 5.41) is 3.10. The average Bonchev–Trinajstić information content (AvgIpc) is 3.36. The van der Waals surface area contributed by atoms with Crippen molar-refractivity contribution < 1.29 is 23.9 Å². The van der Waals surface area contributed by atoms with E-state index in [1.807, 2.05) is 19.1 Å². The zero-order valence-corrected chi connectivity index (χ0v) is 16.8. The number of anilines is 1. The van der Waals surface area contributed by atoms with Gasteiger partial charge in [-0.05, 0) is 49.8 Å². The third-order valence-corrected chi connectivity index (χ3v) is 6.44. The van der Waals surface area contributed by atoms with Crippen LogP contribution in [0.25, 0.3) is 0 Å². The van der Waals surface area contributed by atoms with Gasteiger partial charge >= 0.3 is 5.97 Å². The summed E-state index contributed by atoms with van der Waals surface area (Å²) in [4.78, 5) is 50.9. The van der Waals surface area contributed by atoms with Crippen LogP contribution in [0, 0.1) is 30.6 Å². The number of amides is 3. The second-order valence-electron chi connectivity index (χ2n) is 7.84. The summed E-state index contributed by atoms with van der Waals surface area (Å²) in [6.07, 6.45) is 4.80. The highest BCUT2D eigenvalue weighted by Gasteiger charge is 2.60. The van der Waals surface area contributed by atoms with Crippen molar-refractivity contribution in [3.05, 3.63) is 40.9 Å². The van der Waals surface area contributed by atoms with Gasteiger partial charge in [0.15, 0.2) is 6.61 Å². The molecule has 2 fully saturated rings. The van der Waals surface area contributed by atoms with E-state index in [1.165, 1.54) is 6.92 Å². The maximum atomic E-state index is 12.7. The quantitative estimate of drug-likeness (QED) is 0.451. The van der Waals surface area contributed by atoms with E-state index < -0.39 is 24.5 Å². The fraction of sp³-hybridized carbons (Fsp3) is 0.429. The van der Waals surface area contributed by atoms with Crippen LogP contribution in [-0.2, 0) is 23.9 Å². The van der Waals surface area contributed by atoms with Crippen molar-refractivity contribution in [3.8, 4) is 0 Å². The number of imide groups is 1. The molecule has 152 valence electrons. The van der Waals surface area contributed by atoms with E-state index in [-0.39, 0.29) is 35.5 Å². The molecule has 1 heterocycles. The summed E-state index contributed by atoms with van der Waals surface area (Å²) in [7, 11) is 0. The Labute approximate surface area is 173 Å². The number of hydrogen-bond acceptors (Lipinski definition) is 5. The van der Waals surface area contributed by atoms with Crippen molar-refractivity contribution in [2.45, 2.75) is 26.3 Å². The maximum Gasteiger partial charge on any atom is 0.329 e. The third kappa shape index (κ3) is 3.33. The van der Waals surface area contributed by atoms with E-state index in [1.54, 1.807) is 18.2 Å². The van der Waals surface area contributed by atoms with Gasteiger partial charge in [-0.1, -0.05) is 29.8 Å². The van der Waals surface area contributed by atoms with Gasteiger partial charge in [-0.3, -0.25) is 19.3 Å². The minimum Gasteiger partial charge on any atom is -0.454 e. The van der Waals surface area contributed by atoms with Gasteiger partial charge in [0.25, 0.3) is 5.91 Å². The molecule has 7 nitrogen and oxygen atoms in total. The Hall–Kier alpha value is -2.67. The lowest BCUT2D eigenvalue weighted by Gasteiger charge is -2.23. The topological polar surface area (TPSA) is 92.8 Å². The number of fused-ring (bicyclic) bond motifs is 5.